The number of alkyl halides is 2. The first-order valence-corrected chi connectivity index (χ1v) is 10.1. The minimum atomic E-state index is -2.94. The molecule has 2 N–H and O–H groups in total. The first-order valence-electron chi connectivity index (χ1n) is 8.84. The van der Waals surface area contributed by atoms with E-state index in [2.05, 4.69) is 15.4 Å². The van der Waals surface area contributed by atoms with Crippen LogP contribution in [-0.4, -0.2) is 24.8 Å². The largest absolute Gasteiger partial charge is 0.465 e. The third-order valence-corrected chi connectivity index (χ3v) is 5.80. The van der Waals surface area contributed by atoms with E-state index in [-0.39, 0.29) is 10.9 Å². The number of para-hydroxylation sites is 2. The van der Waals surface area contributed by atoms with Crippen LogP contribution < -0.4 is 15.4 Å². The lowest BCUT2D eigenvalue weighted by Crippen LogP contribution is -2.21. The van der Waals surface area contributed by atoms with E-state index in [1.165, 1.54) is 24.5 Å². The molecule has 5 nitrogen and oxygen atoms in total. The number of hydrogen-bond donors (Lipinski definition) is 2. The summed E-state index contributed by atoms with van der Waals surface area (Å²) >= 11 is 6.81. The highest BCUT2D eigenvalue weighted by Crippen LogP contribution is 2.38. The zero-order chi connectivity index (χ0) is 20.1. The number of thiophene rings is 1. The van der Waals surface area contributed by atoms with Gasteiger partial charge in [0.15, 0.2) is 5.11 Å². The Morgan fingerprint density at radius 2 is 1.93 bits per heavy atom. The molecule has 0 unspecified atom stereocenters. The molecule has 0 aliphatic heterocycles. The van der Waals surface area contributed by atoms with E-state index >= 15 is 0 Å². The molecule has 0 bridgehead atoms. The third kappa shape index (κ3) is 4.77. The predicted octanol–water partition coefficient (Wildman–Crippen LogP) is 5.21. The Morgan fingerprint density at radius 1 is 1.18 bits per heavy atom. The third-order valence-electron chi connectivity index (χ3n) is 4.39. The Balaban J connectivity index is 1.82. The second-order valence-electron chi connectivity index (χ2n) is 6.21. The minimum Gasteiger partial charge on any atom is -0.465 e. The summed E-state index contributed by atoms with van der Waals surface area (Å²) in [6, 6.07) is 6.27. The van der Waals surface area contributed by atoms with Gasteiger partial charge in [0, 0.05) is 4.88 Å². The van der Waals surface area contributed by atoms with Gasteiger partial charge in [0.2, 0.25) is 0 Å². The number of benzene rings is 1. The van der Waals surface area contributed by atoms with Gasteiger partial charge >= 0.3 is 12.6 Å². The minimum absolute atomic E-state index is 0.0168. The Hall–Kier alpha value is -2.26. The number of halogens is 2. The van der Waals surface area contributed by atoms with E-state index in [1.807, 2.05) is 0 Å². The van der Waals surface area contributed by atoms with E-state index in [9.17, 15) is 13.6 Å². The highest BCUT2D eigenvalue weighted by molar-refractivity contribution is 7.80. The number of anilines is 2. The van der Waals surface area contributed by atoms with E-state index < -0.39 is 12.6 Å². The molecule has 3 rings (SSSR count). The fourth-order valence-electron chi connectivity index (χ4n) is 3.17. The van der Waals surface area contributed by atoms with E-state index in [0.717, 1.165) is 42.5 Å². The molecule has 1 aliphatic rings. The Kier molecular flexibility index (Phi) is 6.79. The molecule has 0 fully saturated rings. The predicted molar refractivity (Wildman–Crippen MR) is 110 cm³/mol. The van der Waals surface area contributed by atoms with Crippen LogP contribution in [0.4, 0.5) is 19.5 Å². The highest BCUT2D eigenvalue weighted by atomic mass is 32.1. The Morgan fingerprint density at radius 3 is 2.68 bits per heavy atom. The van der Waals surface area contributed by atoms with Crippen LogP contribution in [-0.2, 0) is 17.6 Å². The van der Waals surface area contributed by atoms with Gasteiger partial charge in [-0.3, -0.25) is 0 Å². The molecule has 2 aromatic rings. The SMILES string of the molecule is COC(=O)c1c(NC(=S)Nc2ccccc2OC(F)F)sc2c1CCCCC2. The van der Waals surface area contributed by atoms with Crippen LogP contribution in [0.2, 0.25) is 0 Å². The van der Waals surface area contributed by atoms with Crippen LogP contribution in [0.25, 0.3) is 0 Å². The van der Waals surface area contributed by atoms with Crippen LogP contribution in [0.15, 0.2) is 24.3 Å². The monoisotopic (exact) mass is 426 g/mol. The van der Waals surface area contributed by atoms with Crippen molar-refractivity contribution in [2.45, 2.75) is 38.7 Å². The molecule has 1 aromatic carbocycles. The molecular weight excluding hydrogens is 406 g/mol. The number of carbonyl (C=O) groups excluding carboxylic acids is 1. The summed E-state index contributed by atoms with van der Waals surface area (Å²) in [6.07, 6.45) is 4.97. The molecule has 9 heteroatoms. The average Bonchev–Trinajstić information content (AvgIpc) is 2.83. The summed E-state index contributed by atoms with van der Waals surface area (Å²) in [5, 5.41) is 6.66. The maximum Gasteiger partial charge on any atom is 0.387 e. The zero-order valence-corrected chi connectivity index (χ0v) is 16.9. The summed E-state index contributed by atoms with van der Waals surface area (Å²) in [6.45, 7) is -2.94. The van der Waals surface area contributed by atoms with Crippen molar-refractivity contribution in [2.75, 3.05) is 17.7 Å². The van der Waals surface area contributed by atoms with Gasteiger partial charge in [-0.2, -0.15) is 8.78 Å². The lowest BCUT2D eigenvalue weighted by Gasteiger charge is -2.14. The van der Waals surface area contributed by atoms with Crippen LogP contribution in [0.1, 0.15) is 40.1 Å². The number of hydrogen-bond acceptors (Lipinski definition) is 5. The maximum atomic E-state index is 12.6. The summed E-state index contributed by atoms with van der Waals surface area (Å²) in [4.78, 5) is 13.5. The number of ether oxygens (including phenoxy) is 2. The topological polar surface area (TPSA) is 59.6 Å². The number of nitrogens with one attached hydrogen (secondary N) is 2. The van der Waals surface area contributed by atoms with Crippen molar-refractivity contribution in [3.63, 3.8) is 0 Å². The van der Waals surface area contributed by atoms with Gasteiger partial charge in [-0.05, 0) is 55.6 Å². The molecule has 0 atom stereocenters. The van der Waals surface area contributed by atoms with Crippen molar-refractivity contribution in [3.05, 3.63) is 40.3 Å². The first kappa shape index (κ1) is 20.5. The van der Waals surface area contributed by atoms with Crippen molar-refractivity contribution < 1.29 is 23.0 Å². The summed E-state index contributed by atoms with van der Waals surface area (Å²) < 4.78 is 34.6. The van der Waals surface area contributed by atoms with Crippen LogP contribution in [0, 0.1) is 0 Å². The van der Waals surface area contributed by atoms with Crippen LogP contribution in [0.5, 0.6) is 5.75 Å². The van der Waals surface area contributed by atoms with Crippen LogP contribution in [0.3, 0.4) is 0 Å². The quantitative estimate of drug-likeness (QED) is 0.389. The van der Waals surface area contributed by atoms with E-state index in [0.29, 0.717) is 16.3 Å². The van der Waals surface area contributed by atoms with Crippen molar-refractivity contribution in [1.82, 2.24) is 0 Å². The molecule has 0 radical (unpaired) electrons. The maximum absolute atomic E-state index is 12.6. The molecule has 1 heterocycles. The van der Waals surface area contributed by atoms with Gasteiger partial charge in [-0.15, -0.1) is 11.3 Å². The van der Waals surface area contributed by atoms with Gasteiger partial charge in [-0.25, -0.2) is 4.79 Å². The summed E-state index contributed by atoms with van der Waals surface area (Å²) in [5.41, 5.74) is 1.82. The number of aryl methyl sites for hydroxylation is 1. The lowest BCUT2D eigenvalue weighted by molar-refractivity contribution is -0.0493. The highest BCUT2D eigenvalue weighted by Gasteiger charge is 2.26. The van der Waals surface area contributed by atoms with Gasteiger partial charge < -0.3 is 20.1 Å². The number of methoxy groups -OCH3 is 1. The van der Waals surface area contributed by atoms with Gasteiger partial charge in [0.25, 0.3) is 0 Å². The molecule has 28 heavy (non-hydrogen) atoms. The fourth-order valence-corrected chi connectivity index (χ4v) is 4.73. The van der Waals surface area contributed by atoms with Crippen molar-refractivity contribution >= 4 is 45.3 Å². The summed E-state index contributed by atoms with van der Waals surface area (Å²) in [5.74, 6) is -0.428. The molecule has 0 amide bonds. The number of fused-ring (bicyclic) bond motifs is 1. The van der Waals surface area contributed by atoms with Gasteiger partial charge in [0.1, 0.15) is 10.8 Å². The van der Waals surface area contributed by atoms with Crippen LogP contribution >= 0.6 is 23.6 Å². The summed E-state index contributed by atoms with van der Waals surface area (Å²) in [7, 11) is 1.35. The van der Waals surface area contributed by atoms with E-state index in [4.69, 9.17) is 17.0 Å². The number of thiocarbonyl (C=S) groups is 1. The second-order valence-corrected chi connectivity index (χ2v) is 7.73. The standard InChI is InChI=1S/C19H20F2N2O3S2/c1-25-17(24)15-11-7-3-2-4-10-14(11)28-16(15)23-19(27)22-12-8-5-6-9-13(12)26-18(20)21/h5-6,8-9,18H,2-4,7,10H2,1H3,(H2,22,23,27). The number of carbonyl (C=O) groups is 1. The normalized spacial score (nSPS) is 13.4. The second kappa shape index (κ2) is 9.29. The van der Waals surface area contributed by atoms with Gasteiger partial charge in [0.05, 0.1) is 18.4 Å². The van der Waals surface area contributed by atoms with Gasteiger partial charge in [-0.1, -0.05) is 18.6 Å². The Bertz CT molecular complexity index is 871. The number of esters is 1. The molecule has 0 spiro atoms. The fraction of sp³-hybridized carbons (Fsp3) is 0.368. The molecule has 1 aliphatic carbocycles. The van der Waals surface area contributed by atoms with Crippen molar-refractivity contribution in [2.24, 2.45) is 0 Å². The zero-order valence-electron chi connectivity index (χ0n) is 15.2. The molecule has 0 saturated carbocycles. The average molecular weight is 427 g/mol. The van der Waals surface area contributed by atoms with E-state index in [1.54, 1.807) is 18.2 Å². The smallest absolute Gasteiger partial charge is 0.387 e. The first-order chi connectivity index (χ1) is 13.5. The molecular formula is C19H20F2N2O3S2. The molecule has 0 saturated heterocycles. The Labute approximate surface area is 171 Å². The van der Waals surface area contributed by atoms with Crippen molar-refractivity contribution in [1.29, 1.82) is 0 Å². The van der Waals surface area contributed by atoms with Crippen molar-refractivity contribution in [3.8, 4) is 5.75 Å². The molecule has 1 aromatic heterocycles. The lowest BCUT2D eigenvalue weighted by atomic mass is 10.1. The molecule has 150 valence electrons. The number of rotatable bonds is 5.